The first kappa shape index (κ1) is 17.2. The standard InChI is InChI=1S/C16H25N3O2/c1-4-5-9-15(17)16(21)18-11(2)13-7-6-8-14(10-13)19-12(3)20/h6-8,10-11,15H,4-5,9,17H2,1-3H3,(H,18,21)(H,19,20). The van der Waals surface area contributed by atoms with Crippen molar-refractivity contribution in [1.82, 2.24) is 5.32 Å². The van der Waals surface area contributed by atoms with Gasteiger partial charge in [0, 0.05) is 12.6 Å². The summed E-state index contributed by atoms with van der Waals surface area (Å²) in [6.45, 7) is 5.43. The number of amides is 2. The average molecular weight is 291 g/mol. The van der Waals surface area contributed by atoms with Crippen molar-refractivity contribution in [3.8, 4) is 0 Å². The molecule has 116 valence electrons. The van der Waals surface area contributed by atoms with Gasteiger partial charge >= 0.3 is 0 Å². The van der Waals surface area contributed by atoms with Crippen LogP contribution in [0.1, 0.15) is 51.6 Å². The van der Waals surface area contributed by atoms with Crippen LogP contribution >= 0.6 is 0 Å². The first-order valence-corrected chi connectivity index (χ1v) is 7.37. The second-order valence-electron chi connectivity index (χ2n) is 5.29. The summed E-state index contributed by atoms with van der Waals surface area (Å²) >= 11 is 0. The Balaban J connectivity index is 2.64. The molecule has 0 saturated carbocycles. The van der Waals surface area contributed by atoms with Crippen LogP contribution in [0.5, 0.6) is 0 Å². The summed E-state index contributed by atoms with van der Waals surface area (Å²) in [5.74, 6) is -0.258. The molecule has 0 heterocycles. The van der Waals surface area contributed by atoms with Crippen molar-refractivity contribution in [2.75, 3.05) is 5.32 Å². The fraction of sp³-hybridized carbons (Fsp3) is 0.500. The Morgan fingerprint density at radius 2 is 2.05 bits per heavy atom. The largest absolute Gasteiger partial charge is 0.348 e. The first-order valence-electron chi connectivity index (χ1n) is 7.37. The molecule has 0 aliphatic rings. The van der Waals surface area contributed by atoms with Crippen LogP contribution in [0.15, 0.2) is 24.3 Å². The van der Waals surface area contributed by atoms with E-state index >= 15 is 0 Å². The minimum atomic E-state index is -0.467. The van der Waals surface area contributed by atoms with E-state index < -0.39 is 6.04 Å². The number of rotatable bonds is 7. The number of unbranched alkanes of at least 4 members (excludes halogenated alkanes) is 1. The quantitative estimate of drug-likeness (QED) is 0.721. The van der Waals surface area contributed by atoms with Crippen molar-refractivity contribution in [3.63, 3.8) is 0 Å². The molecule has 4 N–H and O–H groups in total. The lowest BCUT2D eigenvalue weighted by Crippen LogP contribution is -2.41. The molecule has 1 aromatic carbocycles. The highest BCUT2D eigenvalue weighted by Crippen LogP contribution is 2.17. The van der Waals surface area contributed by atoms with Gasteiger partial charge in [-0.05, 0) is 31.0 Å². The average Bonchev–Trinajstić information content (AvgIpc) is 2.44. The van der Waals surface area contributed by atoms with Crippen molar-refractivity contribution in [3.05, 3.63) is 29.8 Å². The molecule has 5 heteroatoms. The third-order valence-corrected chi connectivity index (χ3v) is 3.27. The Bertz CT molecular complexity index is 488. The molecule has 0 aliphatic carbocycles. The third kappa shape index (κ3) is 5.95. The maximum Gasteiger partial charge on any atom is 0.237 e. The summed E-state index contributed by atoms with van der Waals surface area (Å²) in [4.78, 5) is 23.1. The van der Waals surface area contributed by atoms with Crippen LogP contribution in [-0.2, 0) is 9.59 Å². The highest BCUT2D eigenvalue weighted by atomic mass is 16.2. The van der Waals surface area contributed by atoms with E-state index in [4.69, 9.17) is 5.73 Å². The van der Waals surface area contributed by atoms with Gasteiger partial charge < -0.3 is 16.4 Å². The zero-order valence-electron chi connectivity index (χ0n) is 13.0. The molecule has 1 rings (SSSR count). The van der Waals surface area contributed by atoms with Crippen LogP contribution in [0.2, 0.25) is 0 Å². The van der Waals surface area contributed by atoms with Crippen LogP contribution in [-0.4, -0.2) is 17.9 Å². The van der Waals surface area contributed by atoms with Gasteiger partial charge in [-0.2, -0.15) is 0 Å². The van der Waals surface area contributed by atoms with Gasteiger partial charge in [0.15, 0.2) is 0 Å². The van der Waals surface area contributed by atoms with Gasteiger partial charge in [0.25, 0.3) is 0 Å². The highest BCUT2D eigenvalue weighted by molar-refractivity contribution is 5.88. The smallest absolute Gasteiger partial charge is 0.237 e. The van der Waals surface area contributed by atoms with Crippen molar-refractivity contribution in [2.24, 2.45) is 5.73 Å². The van der Waals surface area contributed by atoms with Crippen LogP contribution in [0.4, 0.5) is 5.69 Å². The second-order valence-corrected chi connectivity index (χ2v) is 5.29. The molecule has 0 aromatic heterocycles. The van der Waals surface area contributed by atoms with Gasteiger partial charge in [0.2, 0.25) is 11.8 Å². The molecule has 0 fully saturated rings. The summed E-state index contributed by atoms with van der Waals surface area (Å²) in [6.07, 6.45) is 2.66. The SMILES string of the molecule is CCCCC(N)C(=O)NC(C)c1cccc(NC(C)=O)c1. The second kappa shape index (κ2) is 8.42. The molecule has 0 saturated heterocycles. The van der Waals surface area contributed by atoms with Crippen LogP contribution < -0.4 is 16.4 Å². The molecular formula is C16H25N3O2. The fourth-order valence-corrected chi connectivity index (χ4v) is 2.05. The van der Waals surface area contributed by atoms with Crippen molar-refractivity contribution in [1.29, 1.82) is 0 Å². The van der Waals surface area contributed by atoms with E-state index in [-0.39, 0.29) is 17.9 Å². The third-order valence-electron chi connectivity index (χ3n) is 3.27. The number of carbonyl (C=O) groups excluding carboxylic acids is 2. The van der Waals surface area contributed by atoms with Crippen molar-refractivity contribution >= 4 is 17.5 Å². The monoisotopic (exact) mass is 291 g/mol. The van der Waals surface area contributed by atoms with Crippen LogP contribution in [0.25, 0.3) is 0 Å². The molecule has 0 bridgehead atoms. The first-order chi connectivity index (χ1) is 9.93. The molecule has 21 heavy (non-hydrogen) atoms. The summed E-state index contributed by atoms with van der Waals surface area (Å²) in [6, 6.07) is 6.80. The van der Waals surface area contributed by atoms with Crippen molar-refractivity contribution < 1.29 is 9.59 Å². The normalized spacial score (nSPS) is 13.3. The Morgan fingerprint density at radius 1 is 1.33 bits per heavy atom. The number of nitrogens with one attached hydrogen (secondary N) is 2. The molecule has 0 radical (unpaired) electrons. The van der Waals surface area contributed by atoms with E-state index in [9.17, 15) is 9.59 Å². The Hall–Kier alpha value is -1.88. The molecule has 0 aliphatic heterocycles. The summed E-state index contributed by atoms with van der Waals surface area (Å²) < 4.78 is 0. The molecule has 2 unspecified atom stereocenters. The molecule has 5 nitrogen and oxygen atoms in total. The van der Waals surface area contributed by atoms with Crippen LogP contribution in [0, 0.1) is 0 Å². The lowest BCUT2D eigenvalue weighted by Gasteiger charge is -2.18. The molecule has 2 amide bonds. The minimum absolute atomic E-state index is 0.120. The van der Waals surface area contributed by atoms with E-state index in [1.165, 1.54) is 6.92 Å². The van der Waals surface area contributed by atoms with Gasteiger partial charge in [-0.25, -0.2) is 0 Å². The Labute approximate surface area is 126 Å². The predicted molar refractivity (Wildman–Crippen MR) is 84.8 cm³/mol. The van der Waals surface area contributed by atoms with Gasteiger partial charge in [-0.15, -0.1) is 0 Å². The van der Waals surface area contributed by atoms with Gasteiger partial charge in [0.05, 0.1) is 12.1 Å². The summed E-state index contributed by atoms with van der Waals surface area (Å²) in [5.41, 5.74) is 7.50. The predicted octanol–water partition coefficient (Wildman–Crippen LogP) is 2.34. The van der Waals surface area contributed by atoms with Gasteiger partial charge in [-0.1, -0.05) is 31.9 Å². The topological polar surface area (TPSA) is 84.2 Å². The van der Waals surface area contributed by atoms with E-state index in [0.29, 0.717) is 6.42 Å². The fourth-order valence-electron chi connectivity index (χ4n) is 2.05. The van der Waals surface area contributed by atoms with Gasteiger partial charge in [0.1, 0.15) is 0 Å². The lowest BCUT2D eigenvalue weighted by molar-refractivity contribution is -0.123. The Morgan fingerprint density at radius 3 is 2.67 bits per heavy atom. The van der Waals surface area contributed by atoms with E-state index in [2.05, 4.69) is 17.6 Å². The number of hydrogen-bond acceptors (Lipinski definition) is 3. The molecular weight excluding hydrogens is 266 g/mol. The zero-order chi connectivity index (χ0) is 15.8. The lowest BCUT2D eigenvalue weighted by atomic mass is 10.1. The number of carbonyl (C=O) groups is 2. The van der Waals surface area contributed by atoms with Crippen LogP contribution in [0.3, 0.4) is 0 Å². The maximum absolute atomic E-state index is 12.0. The van der Waals surface area contributed by atoms with E-state index in [0.717, 1.165) is 24.1 Å². The van der Waals surface area contributed by atoms with Gasteiger partial charge in [-0.3, -0.25) is 9.59 Å². The number of nitrogens with two attached hydrogens (primary N) is 1. The number of hydrogen-bond donors (Lipinski definition) is 3. The zero-order valence-corrected chi connectivity index (χ0v) is 13.0. The molecule has 2 atom stereocenters. The molecule has 1 aromatic rings. The Kier molecular flexibility index (Phi) is 6.88. The number of benzene rings is 1. The maximum atomic E-state index is 12.0. The number of anilines is 1. The minimum Gasteiger partial charge on any atom is -0.348 e. The highest BCUT2D eigenvalue weighted by Gasteiger charge is 2.16. The summed E-state index contributed by atoms with van der Waals surface area (Å²) in [7, 11) is 0. The summed E-state index contributed by atoms with van der Waals surface area (Å²) in [5, 5.41) is 5.64. The van der Waals surface area contributed by atoms with E-state index in [1.807, 2.05) is 31.2 Å². The van der Waals surface area contributed by atoms with E-state index in [1.54, 1.807) is 0 Å². The molecule has 0 spiro atoms. The van der Waals surface area contributed by atoms with Crippen molar-refractivity contribution in [2.45, 2.75) is 52.1 Å².